The maximum atomic E-state index is 11.2. The first kappa shape index (κ1) is 13.0. The fourth-order valence-electron chi connectivity index (χ4n) is 1.41. The molecule has 1 unspecified atom stereocenters. The fourth-order valence-corrected chi connectivity index (χ4v) is 1.41. The van der Waals surface area contributed by atoms with E-state index in [-0.39, 0.29) is 11.5 Å². The summed E-state index contributed by atoms with van der Waals surface area (Å²) in [4.78, 5) is 22.1. The lowest BCUT2D eigenvalue weighted by molar-refractivity contribution is -0.126. The Balaban J connectivity index is 2.84. The van der Waals surface area contributed by atoms with Crippen molar-refractivity contribution in [2.24, 2.45) is 0 Å². The average molecular weight is 237 g/mol. The average Bonchev–Trinajstić information content (AvgIpc) is 2.27. The van der Waals surface area contributed by atoms with E-state index in [9.17, 15) is 9.59 Å². The molecule has 0 saturated carbocycles. The van der Waals surface area contributed by atoms with Gasteiger partial charge in [0.15, 0.2) is 6.10 Å². The van der Waals surface area contributed by atoms with E-state index < -0.39 is 12.1 Å². The molecule has 92 valence electrons. The van der Waals surface area contributed by atoms with Gasteiger partial charge in [0, 0.05) is 7.05 Å². The van der Waals surface area contributed by atoms with Gasteiger partial charge in [0.1, 0.15) is 5.75 Å². The number of hydrogen-bond acceptors (Lipinski definition) is 3. The van der Waals surface area contributed by atoms with Crippen LogP contribution in [0, 0.1) is 6.92 Å². The summed E-state index contributed by atoms with van der Waals surface area (Å²) in [7, 11) is 1.53. The second kappa shape index (κ2) is 5.34. The van der Waals surface area contributed by atoms with E-state index in [1.54, 1.807) is 19.9 Å². The molecule has 0 fully saturated rings. The van der Waals surface area contributed by atoms with E-state index in [1.165, 1.54) is 19.2 Å². The van der Waals surface area contributed by atoms with Crippen LogP contribution in [-0.4, -0.2) is 30.1 Å². The number of likely N-dealkylation sites (N-methyl/N-ethyl adjacent to an activating group) is 1. The summed E-state index contributed by atoms with van der Waals surface area (Å²) >= 11 is 0. The second-order valence-electron chi connectivity index (χ2n) is 3.66. The number of hydrogen-bond donors (Lipinski definition) is 2. The van der Waals surface area contributed by atoms with Crippen LogP contribution in [0.4, 0.5) is 0 Å². The normalized spacial score (nSPS) is 11.7. The molecule has 0 aliphatic heterocycles. The van der Waals surface area contributed by atoms with Gasteiger partial charge >= 0.3 is 5.97 Å². The van der Waals surface area contributed by atoms with Crippen LogP contribution in [0.2, 0.25) is 0 Å². The maximum absolute atomic E-state index is 11.2. The first-order chi connectivity index (χ1) is 7.95. The van der Waals surface area contributed by atoms with Gasteiger partial charge in [-0.2, -0.15) is 0 Å². The van der Waals surface area contributed by atoms with Crippen molar-refractivity contribution in [2.45, 2.75) is 20.0 Å². The Kier molecular flexibility index (Phi) is 4.09. The van der Waals surface area contributed by atoms with Crippen molar-refractivity contribution < 1.29 is 19.4 Å². The molecule has 1 aromatic rings. The summed E-state index contributed by atoms with van der Waals surface area (Å²) < 4.78 is 5.38. The van der Waals surface area contributed by atoms with Crippen LogP contribution in [0.5, 0.6) is 5.75 Å². The summed E-state index contributed by atoms with van der Waals surface area (Å²) in [6, 6.07) is 4.60. The van der Waals surface area contributed by atoms with Gasteiger partial charge in [-0.25, -0.2) is 4.79 Å². The van der Waals surface area contributed by atoms with Crippen LogP contribution >= 0.6 is 0 Å². The predicted octanol–water partition coefficient (Wildman–Crippen LogP) is 1.21. The first-order valence-corrected chi connectivity index (χ1v) is 5.18. The lowest BCUT2D eigenvalue weighted by Gasteiger charge is -2.14. The number of aryl methyl sites for hydroxylation is 1. The highest BCUT2D eigenvalue weighted by Gasteiger charge is 2.14. The van der Waals surface area contributed by atoms with E-state index >= 15 is 0 Å². The van der Waals surface area contributed by atoms with Crippen LogP contribution in [0.1, 0.15) is 22.8 Å². The fraction of sp³-hybridized carbons (Fsp3) is 0.333. The lowest BCUT2D eigenvalue weighted by atomic mass is 10.1. The first-order valence-electron chi connectivity index (χ1n) is 5.18. The molecule has 0 spiro atoms. The van der Waals surface area contributed by atoms with Gasteiger partial charge in [0.05, 0.1) is 5.56 Å². The molecule has 0 radical (unpaired) electrons. The zero-order valence-corrected chi connectivity index (χ0v) is 9.98. The number of amides is 1. The Morgan fingerprint density at radius 2 is 2.06 bits per heavy atom. The van der Waals surface area contributed by atoms with E-state index in [2.05, 4.69) is 5.32 Å². The molecule has 2 N–H and O–H groups in total. The molecule has 0 aliphatic carbocycles. The molecular weight excluding hydrogens is 222 g/mol. The molecule has 1 aromatic carbocycles. The number of nitrogens with one attached hydrogen (secondary N) is 1. The third-order valence-electron chi connectivity index (χ3n) is 2.36. The number of rotatable bonds is 4. The van der Waals surface area contributed by atoms with Crippen molar-refractivity contribution >= 4 is 11.9 Å². The zero-order valence-electron chi connectivity index (χ0n) is 9.98. The summed E-state index contributed by atoms with van der Waals surface area (Å²) in [6.45, 7) is 3.31. The van der Waals surface area contributed by atoms with E-state index in [1.807, 2.05) is 0 Å². The topological polar surface area (TPSA) is 75.6 Å². The molecule has 5 nitrogen and oxygen atoms in total. The largest absolute Gasteiger partial charge is 0.481 e. The van der Waals surface area contributed by atoms with E-state index in [4.69, 9.17) is 9.84 Å². The third-order valence-corrected chi connectivity index (χ3v) is 2.36. The van der Waals surface area contributed by atoms with Crippen LogP contribution in [0.15, 0.2) is 18.2 Å². The quantitative estimate of drug-likeness (QED) is 0.825. The number of carboxylic acid groups (broad SMARTS) is 1. The van der Waals surface area contributed by atoms with Crippen LogP contribution < -0.4 is 10.1 Å². The minimum atomic E-state index is -0.978. The molecule has 17 heavy (non-hydrogen) atoms. The monoisotopic (exact) mass is 237 g/mol. The highest BCUT2D eigenvalue weighted by molar-refractivity contribution is 5.89. The zero-order chi connectivity index (χ0) is 13.0. The van der Waals surface area contributed by atoms with Crippen LogP contribution in [0.3, 0.4) is 0 Å². The highest BCUT2D eigenvalue weighted by atomic mass is 16.5. The van der Waals surface area contributed by atoms with E-state index in [0.717, 1.165) is 0 Å². The van der Waals surface area contributed by atoms with Gasteiger partial charge in [0.25, 0.3) is 5.91 Å². The summed E-state index contributed by atoms with van der Waals surface area (Å²) in [5, 5.41) is 11.3. The van der Waals surface area contributed by atoms with Crippen LogP contribution in [-0.2, 0) is 4.79 Å². The van der Waals surface area contributed by atoms with E-state index in [0.29, 0.717) is 11.3 Å². The van der Waals surface area contributed by atoms with Crippen molar-refractivity contribution in [3.63, 3.8) is 0 Å². The van der Waals surface area contributed by atoms with Gasteiger partial charge in [-0.1, -0.05) is 0 Å². The molecule has 1 rings (SSSR count). The molecule has 0 aromatic heterocycles. The van der Waals surface area contributed by atoms with Gasteiger partial charge in [-0.05, 0) is 37.6 Å². The molecule has 0 heterocycles. The lowest BCUT2D eigenvalue weighted by Crippen LogP contribution is -2.33. The number of carbonyl (C=O) groups is 2. The molecule has 1 atom stereocenters. The Morgan fingerprint density at radius 3 is 2.53 bits per heavy atom. The third kappa shape index (κ3) is 3.21. The highest BCUT2D eigenvalue weighted by Crippen LogP contribution is 2.18. The van der Waals surface area contributed by atoms with Gasteiger partial charge in [-0.15, -0.1) is 0 Å². The maximum Gasteiger partial charge on any atom is 0.335 e. The number of benzene rings is 1. The predicted molar refractivity (Wildman–Crippen MR) is 62.3 cm³/mol. The van der Waals surface area contributed by atoms with Crippen molar-refractivity contribution in [3.8, 4) is 5.75 Å². The molecular formula is C12H15NO4. The summed E-state index contributed by atoms with van der Waals surface area (Å²) in [6.07, 6.45) is -0.616. The number of aromatic carboxylic acids is 1. The Bertz CT molecular complexity index is 442. The Labute approximate surface area is 99.4 Å². The molecule has 0 bridgehead atoms. The second-order valence-corrected chi connectivity index (χ2v) is 3.66. The summed E-state index contributed by atoms with van der Waals surface area (Å²) in [5.74, 6) is -0.734. The smallest absolute Gasteiger partial charge is 0.335 e. The molecule has 1 amide bonds. The molecule has 0 saturated heterocycles. The van der Waals surface area contributed by atoms with Crippen molar-refractivity contribution in [1.82, 2.24) is 5.32 Å². The molecule has 0 aliphatic rings. The SMILES string of the molecule is CNC(=O)C(C)Oc1ccc(C(=O)O)c(C)c1. The number of carbonyl (C=O) groups excluding carboxylic acids is 1. The summed E-state index contributed by atoms with van der Waals surface area (Å²) in [5.41, 5.74) is 0.823. The van der Waals surface area contributed by atoms with Crippen molar-refractivity contribution in [3.05, 3.63) is 29.3 Å². The van der Waals surface area contributed by atoms with Gasteiger partial charge in [-0.3, -0.25) is 4.79 Å². The van der Waals surface area contributed by atoms with Crippen LogP contribution in [0.25, 0.3) is 0 Å². The van der Waals surface area contributed by atoms with Gasteiger partial charge < -0.3 is 15.2 Å². The number of ether oxygens (including phenoxy) is 1. The number of carboxylic acids is 1. The van der Waals surface area contributed by atoms with Crippen molar-refractivity contribution in [1.29, 1.82) is 0 Å². The van der Waals surface area contributed by atoms with Crippen molar-refractivity contribution in [2.75, 3.05) is 7.05 Å². The minimum absolute atomic E-state index is 0.227. The Hall–Kier alpha value is -2.04. The standard InChI is InChI=1S/C12H15NO4/c1-7-6-9(4-5-10(7)12(15)16)17-8(2)11(14)13-3/h4-6,8H,1-3H3,(H,13,14)(H,15,16). The minimum Gasteiger partial charge on any atom is -0.481 e. The van der Waals surface area contributed by atoms with Gasteiger partial charge in [0.2, 0.25) is 0 Å². The molecule has 5 heteroatoms. The Morgan fingerprint density at radius 1 is 1.41 bits per heavy atom.